The minimum Gasteiger partial charge on any atom is -0.397 e. The van der Waals surface area contributed by atoms with Crippen LogP contribution in [0.25, 0.3) is 22.3 Å². The molecule has 236 valence electrons. The number of aromatic nitrogens is 7. The normalized spacial score (nSPS) is 36.6. The average molecular weight is 655 g/mol. The zero-order valence-corrected chi connectivity index (χ0v) is 24.6. The van der Waals surface area contributed by atoms with Crippen molar-refractivity contribution in [1.82, 2.24) is 34.1 Å². The molecular formula is C22H27N9O11P2. The molecule has 0 aromatic carbocycles. The fourth-order valence-electron chi connectivity index (χ4n) is 5.66. The van der Waals surface area contributed by atoms with Gasteiger partial charge < -0.3 is 30.7 Å². The van der Waals surface area contributed by atoms with Gasteiger partial charge in [0.2, 0.25) is 5.95 Å². The van der Waals surface area contributed by atoms with Gasteiger partial charge in [0.1, 0.15) is 30.1 Å². The van der Waals surface area contributed by atoms with E-state index >= 15 is 0 Å². The number of nitrogens with zero attached hydrogens (tertiary/aromatic N) is 6. The molecule has 2 unspecified atom stereocenters. The Balaban J connectivity index is 1.19. The standard InChI is InChI=1S/C22H27N9O11P2/c1-9-16-13(40-20(9)30-7-26-14-11(23)2-3-25-17(14)30)6-38-43(33,34)41-12-4-10(5-37-44(35,36)42-16)39-21(12)31-8-27-15-18(31)28-22(24)29-19(15)32/h2-3,7-10,12-13,16,20-21H,4-6H2,1H3,(H2,23,25)(H,33,34)(H,35,36)(H3,24,28,29,32)/t9-,10-,12+,13+,16-,20+,21+/m0/s1. The molecule has 0 aliphatic carbocycles. The number of anilines is 2. The molecule has 4 aromatic rings. The number of hydrogen-bond donors (Lipinski definition) is 5. The molecule has 9 atom stereocenters. The predicted molar refractivity (Wildman–Crippen MR) is 147 cm³/mol. The Kier molecular flexibility index (Phi) is 7.13. The predicted octanol–water partition coefficient (Wildman–Crippen LogP) is 0.568. The van der Waals surface area contributed by atoms with Gasteiger partial charge in [-0.15, -0.1) is 0 Å². The Hall–Kier alpha value is -3.29. The third-order valence-corrected chi connectivity index (χ3v) is 9.63. The van der Waals surface area contributed by atoms with E-state index in [0.717, 1.165) is 0 Å². The SMILES string of the molecule is C[C@H]1[C@@H]2OP(=O)(O)OC[C@@H]3C[C@@H](OP(=O)(O)OC[C@H]2O[C@H]1n1cnc2c(N)ccnc21)[C@H](n1cnc2c(=O)[nH]c(N)nc21)O3. The summed E-state index contributed by atoms with van der Waals surface area (Å²) < 4.78 is 63.1. The minimum absolute atomic E-state index is 0.0166. The molecule has 3 aliphatic heterocycles. The molecule has 7 N–H and O–H groups in total. The van der Waals surface area contributed by atoms with Gasteiger partial charge in [0, 0.05) is 18.5 Å². The van der Waals surface area contributed by atoms with Crippen LogP contribution in [0, 0.1) is 5.92 Å². The Labute approximate surface area is 246 Å². The van der Waals surface area contributed by atoms with Crippen molar-refractivity contribution >= 4 is 49.6 Å². The van der Waals surface area contributed by atoms with Crippen molar-refractivity contribution in [2.45, 2.75) is 50.2 Å². The lowest BCUT2D eigenvalue weighted by atomic mass is 10.0. The van der Waals surface area contributed by atoms with E-state index in [9.17, 15) is 23.7 Å². The van der Waals surface area contributed by atoms with Gasteiger partial charge in [0.05, 0.1) is 37.7 Å². The average Bonchev–Trinajstić information content (AvgIpc) is 3.72. The number of imidazole rings is 2. The fourth-order valence-corrected chi connectivity index (χ4v) is 7.64. The topological polar surface area (TPSA) is 276 Å². The summed E-state index contributed by atoms with van der Waals surface area (Å²) >= 11 is 0. The second kappa shape index (κ2) is 10.7. The first-order valence-corrected chi connectivity index (χ1v) is 16.3. The number of nitrogens with two attached hydrogens (primary N) is 2. The maximum atomic E-state index is 13.2. The van der Waals surface area contributed by atoms with E-state index in [1.165, 1.54) is 23.4 Å². The van der Waals surface area contributed by atoms with Crippen LogP contribution in [-0.4, -0.2) is 81.5 Å². The lowest BCUT2D eigenvalue weighted by molar-refractivity contribution is -0.0668. The van der Waals surface area contributed by atoms with E-state index in [4.69, 9.17) is 39.0 Å². The molecule has 2 bridgehead atoms. The third kappa shape index (κ3) is 5.22. The summed E-state index contributed by atoms with van der Waals surface area (Å²) in [4.78, 5) is 52.8. The molecule has 0 amide bonds. The van der Waals surface area contributed by atoms with Crippen LogP contribution in [0.3, 0.4) is 0 Å². The summed E-state index contributed by atoms with van der Waals surface area (Å²) in [6.07, 6.45) is -2.32. The second-order valence-electron chi connectivity index (χ2n) is 10.6. The molecule has 7 heterocycles. The number of hydrogen-bond acceptors (Lipinski definition) is 15. The van der Waals surface area contributed by atoms with Crippen LogP contribution in [-0.2, 0) is 36.7 Å². The highest BCUT2D eigenvalue weighted by molar-refractivity contribution is 7.47. The molecular weight excluding hydrogens is 628 g/mol. The van der Waals surface area contributed by atoms with E-state index in [-0.39, 0.29) is 23.5 Å². The van der Waals surface area contributed by atoms with Gasteiger partial charge in [-0.05, 0) is 6.07 Å². The number of fused-ring (bicyclic) bond motifs is 5. The molecule has 22 heteroatoms. The quantitative estimate of drug-likeness (QED) is 0.185. The number of aromatic amines is 1. The molecule has 44 heavy (non-hydrogen) atoms. The van der Waals surface area contributed by atoms with Crippen LogP contribution < -0.4 is 17.0 Å². The van der Waals surface area contributed by atoms with Gasteiger partial charge in [-0.1, -0.05) is 6.92 Å². The van der Waals surface area contributed by atoms with Crippen LogP contribution in [0.15, 0.2) is 29.7 Å². The summed E-state index contributed by atoms with van der Waals surface area (Å²) in [6, 6.07) is 1.59. The highest BCUT2D eigenvalue weighted by atomic mass is 31.2. The van der Waals surface area contributed by atoms with Gasteiger partial charge in [-0.2, -0.15) is 4.98 Å². The molecule has 4 aromatic heterocycles. The second-order valence-corrected chi connectivity index (χ2v) is 13.4. The molecule has 0 saturated carbocycles. The number of phosphoric ester groups is 2. The molecule has 3 fully saturated rings. The van der Waals surface area contributed by atoms with Gasteiger partial charge in [-0.3, -0.25) is 37.0 Å². The van der Waals surface area contributed by atoms with E-state index < -0.39 is 77.2 Å². The Bertz CT molecular complexity index is 1900. The molecule has 20 nitrogen and oxygen atoms in total. The van der Waals surface area contributed by atoms with E-state index in [0.29, 0.717) is 16.9 Å². The summed E-state index contributed by atoms with van der Waals surface area (Å²) in [5.41, 5.74) is 12.2. The number of nitrogens with one attached hydrogen (secondary N) is 1. The van der Waals surface area contributed by atoms with Crippen LogP contribution >= 0.6 is 15.6 Å². The minimum atomic E-state index is -4.83. The molecule has 0 radical (unpaired) electrons. The molecule has 3 aliphatic rings. The van der Waals surface area contributed by atoms with Crippen LogP contribution in [0.1, 0.15) is 25.8 Å². The molecule has 0 spiro atoms. The van der Waals surface area contributed by atoms with Gasteiger partial charge in [0.15, 0.2) is 23.0 Å². The van der Waals surface area contributed by atoms with Crippen molar-refractivity contribution in [2.24, 2.45) is 5.92 Å². The first-order valence-electron chi connectivity index (χ1n) is 13.3. The fraction of sp³-hybridized carbons (Fsp3) is 0.500. The molecule has 7 rings (SSSR count). The van der Waals surface area contributed by atoms with E-state index in [1.54, 1.807) is 17.6 Å². The van der Waals surface area contributed by atoms with Gasteiger partial charge in [0.25, 0.3) is 5.56 Å². The number of nitrogen functional groups attached to an aromatic ring is 2. The van der Waals surface area contributed by atoms with E-state index in [1.807, 2.05) is 0 Å². The Morgan fingerprint density at radius 3 is 2.43 bits per heavy atom. The summed E-state index contributed by atoms with van der Waals surface area (Å²) in [7, 11) is -9.58. The number of pyridine rings is 1. The third-order valence-electron chi connectivity index (χ3n) is 7.63. The number of ether oxygens (including phenoxy) is 2. The lowest BCUT2D eigenvalue weighted by Gasteiger charge is -2.26. The summed E-state index contributed by atoms with van der Waals surface area (Å²) in [5, 5.41) is 0. The lowest BCUT2D eigenvalue weighted by Crippen LogP contribution is -2.32. The van der Waals surface area contributed by atoms with Gasteiger partial charge in [-0.25, -0.2) is 24.1 Å². The van der Waals surface area contributed by atoms with Crippen molar-refractivity contribution in [2.75, 3.05) is 24.7 Å². The maximum Gasteiger partial charge on any atom is 0.472 e. The highest BCUT2D eigenvalue weighted by Gasteiger charge is 2.50. The monoisotopic (exact) mass is 655 g/mol. The Morgan fingerprint density at radius 2 is 1.64 bits per heavy atom. The Morgan fingerprint density at radius 1 is 0.932 bits per heavy atom. The number of H-pyrrole nitrogens is 1. The summed E-state index contributed by atoms with van der Waals surface area (Å²) in [5.74, 6) is -0.829. The van der Waals surface area contributed by atoms with Crippen molar-refractivity contribution in [3.05, 3.63) is 35.3 Å². The smallest absolute Gasteiger partial charge is 0.397 e. The first kappa shape index (κ1) is 29.4. The van der Waals surface area contributed by atoms with Crippen molar-refractivity contribution < 1.29 is 46.5 Å². The van der Waals surface area contributed by atoms with E-state index in [2.05, 4.69) is 24.9 Å². The van der Waals surface area contributed by atoms with Crippen LogP contribution in [0.4, 0.5) is 11.6 Å². The zero-order valence-electron chi connectivity index (χ0n) is 22.8. The van der Waals surface area contributed by atoms with Crippen molar-refractivity contribution in [3.63, 3.8) is 0 Å². The molecule has 3 saturated heterocycles. The summed E-state index contributed by atoms with van der Waals surface area (Å²) in [6.45, 7) is 0.650. The van der Waals surface area contributed by atoms with Crippen molar-refractivity contribution in [1.29, 1.82) is 0 Å². The first-order chi connectivity index (χ1) is 20.9. The maximum absolute atomic E-state index is 13.2. The highest BCUT2D eigenvalue weighted by Crippen LogP contribution is 2.54. The number of phosphoric acid groups is 2. The zero-order chi connectivity index (χ0) is 31.0. The van der Waals surface area contributed by atoms with Crippen LogP contribution in [0.2, 0.25) is 0 Å². The van der Waals surface area contributed by atoms with Crippen LogP contribution in [0.5, 0.6) is 0 Å². The van der Waals surface area contributed by atoms with Crippen molar-refractivity contribution in [3.8, 4) is 0 Å². The van der Waals surface area contributed by atoms with Gasteiger partial charge >= 0.3 is 15.6 Å². The largest absolute Gasteiger partial charge is 0.472 e. The number of rotatable bonds is 2.